The molecule has 0 spiro atoms. The zero-order valence-corrected chi connectivity index (χ0v) is 10.0. The number of aromatic nitrogens is 2. The average Bonchev–Trinajstić information content (AvgIpc) is 3.00. The first-order chi connectivity index (χ1) is 8.24. The maximum Gasteiger partial charge on any atom is 0.223 e. The highest BCUT2D eigenvalue weighted by molar-refractivity contribution is 5.76. The maximum atomic E-state index is 11.3. The second kappa shape index (κ2) is 5.77. The molecule has 0 aromatic carbocycles. The van der Waals surface area contributed by atoms with E-state index in [1.807, 2.05) is 0 Å². The Balaban J connectivity index is 1.49. The standard InChI is InChI=1S/C11H18N4O2/c1-8-13-10(15-17-8)4-6-12-7-5-11(16)14-9-2-3-9/h9,12H,2-7H2,1H3,(H,14,16). The van der Waals surface area contributed by atoms with Crippen molar-refractivity contribution in [3.63, 3.8) is 0 Å². The molecule has 0 radical (unpaired) electrons. The third-order valence-corrected chi connectivity index (χ3v) is 2.57. The van der Waals surface area contributed by atoms with Crippen LogP contribution in [-0.2, 0) is 11.2 Å². The fraction of sp³-hybridized carbons (Fsp3) is 0.727. The molecule has 1 heterocycles. The molecule has 1 aliphatic carbocycles. The summed E-state index contributed by atoms with van der Waals surface area (Å²) in [6.07, 6.45) is 3.52. The van der Waals surface area contributed by atoms with E-state index in [0.717, 1.165) is 25.8 Å². The Labute approximate surface area is 100 Å². The van der Waals surface area contributed by atoms with Gasteiger partial charge in [-0.3, -0.25) is 4.79 Å². The predicted molar refractivity (Wildman–Crippen MR) is 61.4 cm³/mol. The molecule has 0 unspecified atom stereocenters. The summed E-state index contributed by atoms with van der Waals surface area (Å²) >= 11 is 0. The Morgan fingerprint density at radius 1 is 1.47 bits per heavy atom. The van der Waals surface area contributed by atoms with Gasteiger partial charge in [-0.25, -0.2) is 0 Å². The quantitative estimate of drug-likeness (QED) is 0.662. The van der Waals surface area contributed by atoms with E-state index in [0.29, 0.717) is 30.7 Å². The molecule has 1 aromatic heterocycles. The van der Waals surface area contributed by atoms with Gasteiger partial charge in [0.1, 0.15) is 0 Å². The summed E-state index contributed by atoms with van der Waals surface area (Å²) in [6.45, 7) is 3.22. The number of aryl methyl sites for hydroxylation is 1. The van der Waals surface area contributed by atoms with Gasteiger partial charge < -0.3 is 15.2 Å². The highest BCUT2D eigenvalue weighted by atomic mass is 16.5. The number of nitrogens with zero attached hydrogens (tertiary/aromatic N) is 2. The molecule has 0 saturated heterocycles. The molecular formula is C11H18N4O2. The van der Waals surface area contributed by atoms with Gasteiger partial charge in [-0.05, 0) is 12.8 Å². The average molecular weight is 238 g/mol. The van der Waals surface area contributed by atoms with Crippen LogP contribution < -0.4 is 10.6 Å². The lowest BCUT2D eigenvalue weighted by Gasteiger charge is -2.04. The van der Waals surface area contributed by atoms with E-state index in [2.05, 4.69) is 20.8 Å². The van der Waals surface area contributed by atoms with Gasteiger partial charge in [0.15, 0.2) is 5.82 Å². The molecule has 17 heavy (non-hydrogen) atoms. The van der Waals surface area contributed by atoms with E-state index in [-0.39, 0.29) is 5.91 Å². The second-order valence-electron chi connectivity index (χ2n) is 4.32. The van der Waals surface area contributed by atoms with Gasteiger partial charge in [0.2, 0.25) is 11.8 Å². The fourth-order valence-corrected chi connectivity index (χ4v) is 1.50. The zero-order chi connectivity index (χ0) is 12.1. The van der Waals surface area contributed by atoms with Gasteiger partial charge in [0.25, 0.3) is 0 Å². The van der Waals surface area contributed by atoms with Crippen LogP contribution in [0.3, 0.4) is 0 Å². The molecule has 1 fully saturated rings. The molecule has 2 N–H and O–H groups in total. The van der Waals surface area contributed by atoms with Gasteiger partial charge in [-0.15, -0.1) is 0 Å². The van der Waals surface area contributed by atoms with Crippen molar-refractivity contribution in [1.29, 1.82) is 0 Å². The molecule has 6 heteroatoms. The number of hydrogen-bond donors (Lipinski definition) is 2. The molecule has 0 aliphatic heterocycles. The molecule has 1 aliphatic rings. The largest absolute Gasteiger partial charge is 0.353 e. The van der Waals surface area contributed by atoms with Gasteiger partial charge in [0.05, 0.1) is 0 Å². The van der Waals surface area contributed by atoms with E-state index in [1.165, 1.54) is 0 Å². The van der Waals surface area contributed by atoms with E-state index >= 15 is 0 Å². The Bertz CT molecular complexity index is 373. The molecule has 6 nitrogen and oxygen atoms in total. The van der Waals surface area contributed by atoms with Crippen LogP contribution >= 0.6 is 0 Å². The van der Waals surface area contributed by atoms with Crippen LogP contribution in [0.1, 0.15) is 31.0 Å². The van der Waals surface area contributed by atoms with Crippen LogP contribution in [0.4, 0.5) is 0 Å². The molecule has 0 atom stereocenters. The van der Waals surface area contributed by atoms with Crippen LogP contribution in [-0.4, -0.2) is 35.2 Å². The molecular weight excluding hydrogens is 220 g/mol. The zero-order valence-electron chi connectivity index (χ0n) is 10.0. The third kappa shape index (κ3) is 4.52. The lowest BCUT2D eigenvalue weighted by atomic mass is 10.3. The normalized spacial score (nSPS) is 14.9. The van der Waals surface area contributed by atoms with Crippen molar-refractivity contribution in [1.82, 2.24) is 20.8 Å². The Morgan fingerprint density at radius 2 is 2.29 bits per heavy atom. The first-order valence-electron chi connectivity index (χ1n) is 6.03. The molecule has 0 bridgehead atoms. The number of rotatable bonds is 7. The lowest BCUT2D eigenvalue weighted by molar-refractivity contribution is -0.121. The Morgan fingerprint density at radius 3 is 2.94 bits per heavy atom. The number of carbonyl (C=O) groups is 1. The summed E-state index contributed by atoms with van der Waals surface area (Å²) in [5, 5.41) is 9.92. The van der Waals surface area contributed by atoms with Crippen molar-refractivity contribution in [2.24, 2.45) is 0 Å². The summed E-state index contributed by atoms with van der Waals surface area (Å²) < 4.78 is 4.86. The minimum Gasteiger partial charge on any atom is -0.353 e. The summed E-state index contributed by atoms with van der Waals surface area (Å²) in [5.41, 5.74) is 0. The summed E-state index contributed by atoms with van der Waals surface area (Å²) in [5.74, 6) is 1.43. The van der Waals surface area contributed by atoms with Gasteiger partial charge in [0, 0.05) is 38.9 Å². The number of carbonyl (C=O) groups excluding carboxylic acids is 1. The molecule has 2 rings (SSSR count). The van der Waals surface area contributed by atoms with Crippen molar-refractivity contribution in [2.75, 3.05) is 13.1 Å². The molecule has 1 aromatic rings. The highest BCUT2D eigenvalue weighted by Crippen LogP contribution is 2.18. The van der Waals surface area contributed by atoms with Crippen LogP contribution in [0.25, 0.3) is 0 Å². The lowest BCUT2D eigenvalue weighted by Crippen LogP contribution is -2.29. The first kappa shape index (κ1) is 12.0. The Hall–Kier alpha value is -1.43. The summed E-state index contributed by atoms with van der Waals surface area (Å²) in [6, 6.07) is 0.449. The van der Waals surface area contributed by atoms with E-state index in [1.54, 1.807) is 6.92 Å². The van der Waals surface area contributed by atoms with Crippen LogP contribution in [0.2, 0.25) is 0 Å². The highest BCUT2D eigenvalue weighted by Gasteiger charge is 2.22. The van der Waals surface area contributed by atoms with Crippen molar-refractivity contribution in [2.45, 2.75) is 38.6 Å². The van der Waals surface area contributed by atoms with Crippen molar-refractivity contribution in [3.05, 3.63) is 11.7 Å². The number of hydrogen-bond acceptors (Lipinski definition) is 5. The second-order valence-corrected chi connectivity index (χ2v) is 4.32. The monoisotopic (exact) mass is 238 g/mol. The summed E-state index contributed by atoms with van der Waals surface area (Å²) in [4.78, 5) is 15.4. The summed E-state index contributed by atoms with van der Waals surface area (Å²) in [7, 11) is 0. The minimum atomic E-state index is 0.135. The smallest absolute Gasteiger partial charge is 0.223 e. The van der Waals surface area contributed by atoms with Gasteiger partial charge in [-0.1, -0.05) is 5.16 Å². The number of nitrogens with one attached hydrogen (secondary N) is 2. The van der Waals surface area contributed by atoms with E-state index in [4.69, 9.17) is 4.52 Å². The third-order valence-electron chi connectivity index (χ3n) is 2.57. The SMILES string of the molecule is Cc1nc(CCNCCC(=O)NC2CC2)no1. The van der Waals surface area contributed by atoms with Gasteiger partial charge >= 0.3 is 0 Å². The van der Waals surface area contributed by atoms with Crippen LogP contribution in [0.5, 0.6) is 0 Å². The first-order valence-corrected chi connectivity index (χ1v) is 6.03. The number of amides is 1. The molecule has 1 amide bonds. The van der Waals surface area contributed by atoms with E-state index in [9.17, 15) is 4.79 Å². The molecule has 94 valence electrons. The molecule has 1 saturated carbocycles. The van der Waals surface area contributed by atoms with Crippen molar-refractivity contribution < 1.29 is 9.32 Å². The topological polar surface area (TPSA) is 80.0 Å². The van der Waals surface area contributed by atoms with Crippen LogP contribution in [0.15, 0.2) is 4.52 Å². The minimum absolute atomic E-state index is 0.135. The van der Waals surface area contributed by atoms with E-state index < -0.39 is 0 Å². The van der Waals surface area contributed by atoms with Gasteiger partial charge in [-0.2, -0.15) is 4.98 Å². The Kier molecular flexibility index (Phi) is 4.08. The van der Waals surface area contributed by atoms with Crippen molar-refractivity contribution >= 4 is 5.91 Å². The fourth-order valence-electron chi connectivity index (χ4n) is 1.50. The van der Waals surface area contributed by atoms with Crippen LogP contribution in [0, 0.1) is 6.92 Å². The maximum absolute atomic E-state index is 11.3. The predicted octanol–water partition coefficient (Wildman–Crippen LogP) is 0.179. The van der Waals surface area contributed by atoms with Crippen molar-refractivity contribution in [3.8, 4) is 0 Å².